The largest absolute Gasteiger partial charge is 0.325 e. The third kappa shape index (κ3) is 4.77. The molecule has 0 saturated carbocycles. The Bertz CT molecular complexity index is 1100. The molecule has 0 saturated heterocycles. The summed E-state index contributed by atoms with van der Waals surface area (Å²) in [6, 6.07) is 21.3. The predicted octanol–water partition coefficient (Wildman–Crippen LogP) is 3.43. The molecule has 0 bridgehead atoms. The molecule has 0 aliphatic heterocycles. The van der Waals surface area contributed by atoms with Crippen molar-refractivity contribution >= 4 is 33.0 Å². The minimum atomic E-state index is -4.07. The molecule has 1 N–H and O–H groups in total. The highest BCUT2D eigenvalue weighted by molar-refractivity contribution is 7.92. The van der Waals surface area contributed by atoms with Gasteiger partial charge in [0.25, 0.3) is 15.7 Å². The fraction of sp³-hybridized carbons (Fsp3) is 0.0500. The third-order valence-electron chi connectivity index (χ3n) is 4.02. The van der Waals surface area contributed by atoms with Gasteiger partial charge in [0.05, 0.1) is 15.5 Å². The molecule has 0 spiro atoms. The highest BCUT2D eigenvalue weighted by Crippen LogP contribution is 2.25. The number of nitrogens with zero attached hydrogens (tertiary/aromatic N) is 2. The minimum Gasteiger partial charge on any atom is -0.325 e. The maximum atomic E-state index is 13.2. The Kier molecular flexibility index (Phi) is 5.89. The Morgan fingerprint density at radius 3 is 2.00 bits per heavy atom. The van der Waals surface area contributed by atoms with Gasteiger partial charge in [-0.2, -0.15) is 0 Å². The van der Waals surface area contributed by atoms with Gasteiger partial charge in [-0.25, -0.2) is 8.42 Å². The fourth-order valence-electron chi connectivity index (χ4n) is 2.63. The lowest BCUT2D eigenvalue weighted by Crippen LogP contribution is -2.38. The standard InChI is InChI=1S/C20H17N3O5S/c24-20(21-16-7-3-1-4-8-16)15-22(17-11-13-18(14-12-17)23(25)26)29(27,28)19-9-5-2-6-10-19/h1-14H,15H2,(H,21,24). The van der Waals surface area contributed by atoms with Crippen LogP contribution in [0, 0.1) is 10.1 Å². The molecular formula is C20H17N3O5S. The normalized spacial score (nSPS) is 10.9. The number of carbonyl (C=O) groups is 1. The molecule has 3 rings (SSSR count). The fourth-order valence-corrected chi connectivity index (χ4v) is 4.07. The maximum Gasteiger partial charge on any atom is 0.269 e. The Labute approximate surface area is 167 Å². The minimum absolute atomic E-state index is 0.00543. The third-order valence-corrected chi connectivity index (χ3v) is 5.81. The molecule has 0 aromatic heterocycles. The molecule has 9 heteroatoms. The first-order valence-electron chi connectivity index (χ1n) is 8.55. The number of benzene rings is 3. The van der Waals surface area contributed by atoms with Crippen LogP contribution in [0.1, 0.15) is 0 Å². The van der Waals surface area contributed by atoms with E-state index in [-0.39, 0.29) is 16.3 Å². The van der Waals surface area contributed by atoms with E-state index in [0.29, 0.717) is 5.69 Å². The summed E-state index contributed by atoms with van der Waals surface area (Å²) < 4.78 is 27.2. The van der Waals surface area contributed by atoms with E-state index in [2.05, 4.69) is 5.32 Å². The van der Waals surface area contributed by atoms with Crippen molar-refractivity contribution in [3.05, 3.63) is 95.0 Å². The van der Waals surface area contributed by atoms with Crippen molar-refractivity contribution in [3.8, 4) is 0 Å². The Hall–Kier alpha value is -3.72. The Morgan fingerprint density at radius 2 is 1.45 bits per heavy atom. The second-order valence-corrected chi connectivity index (χ2v) is 7.87. The van der Waals surface area contributed by atoms with Gasteiger partial charge in [-0.15, -0.1) is 0 Å². The zero-order valence-corrected chi connectivity index (χ0v) is 16.0. The van der Waals surface area contributed by atoms with Gasteiger partial charge < -0.3 is 5.32 Å². The average Bonchev–Trinajstić information content (AvgIpc) is 2.73. The molecule has 1 amide bonds. The molecule has 3 aromatic carbocycles. The van der Waals surface area contributed by atoms with Gasteiger partial charge in [0.1, 0.15) is 6.54 Å². The summed E-state index contributed by atoms with van der Waals surface area (Å²) in [6.45, 7) is -0.496. The van der Waals surface area contributed by atoms with Crippen LogP contribution in [0.15, 0.2) is 89.8 Å². The molecule has 0 aliphatic rings. The first kappa shape index (κ1) is 20.0. The van der Waals surface area contributed by atoms with Gasteiger partial charge in [0.2, 0.25) is 5.91 Å². The number of nitro groups is 1. The molecule has 0 radical (unpaired) electrons. The van der Waals surface area contributed by atoms with Crippen molar-refractivity contribution < 1.29 is 18.1 Å². The Morgan fingerprint density at radius 1 is 0.897 bits per heavy atom. The lowest BCUT2D eigenvalue weighted by atomic mass is 10.3. The van der Waals surface area contributed by atoms with Crippen LogP contribution in [0.25, 0.3) is 0 Å². The summed E-state index contributed by atoms with van der Waals surface area (Å²) in [5.41, 5.74) is 0.487. The molecule has 0 unspecified atom stereocenters. The smallest absolute Gasteiger partial charge is 0.269 e. The molecule has 0 aliphatic carbocycles. The van der Waals surface area contributed by atoms with Crippen LogP contribution in [0.4, 0.5) is 17.1 Å². The predicted molar refractivity (Wildman–Crippen MR) is 109 cm³/mol. The SMILES string of the molecule is O=C(CN(c1ccc([N+](=O)[O-])cc1)S(=O)(=O)c1ccccc1)Nc1ccccc1. The van der Waals surface area contributed by atoms with E-state index in [0.717, 1.165) is 4.31 Å². The number of carbonyl (C=O) groups excluding carboxylic acids is 1. The molecule has 0 heterocycles. The van der Waals surface area contributed by atoms with E-state index in [9.17, 15) is 23.3 Å². The number of amides is 1. The monoisotopic (exact) mass is 411 g/mol. The number of non-ortho nitro benzene ring substituents is 1. The van der Waals surface area contributed by atoms with Gasteiger partial charge in [-0.05, 0) is 36.4 Å². The number of rotatable bonds is 7. The van der Waals surface area contributed by atoms with E-state index in [1.165, 1.54) is 36.4 Å². The van der Waals surface area contributed by atoms with Crippen molar-refractivity contribution in [2.24, 2.45) is 0 Å². The summed E-state index contributed by atoms with van der Waals surface area (Å²) >= 11 is 0. The van der Waals surface area contributed by atoms with E-state index in [1.807, 2.05) is 0 Å². The van der Waals surface area contributed by atoms with Gasteiger partial charge >= 0.3 is 0 Å². The van der Waals surface area contributed by atoms with Crippen molar-refractivity contribution in [3.63, 3.8) is 0 Å². The maximum absolute atomic E-state index is 13.2. The van der Waals surface area contributed by atoms with E-state index in [4.69, 9.17) is 0 Å². The highest BCUT2D eigenvalue weighted by atomic mass is 32.2. The summed E-state index contributed by atoms with van der Waals surface area (Å²) in [4.78, 5) is 22.8. The van der Waals surface area contributed by atoms with Crippen LogP contribution in [-0.2, 0) is 14.8 Å². The van der Waals surface area contributed by atoms with E-state index < -0.39 is 27.4 Å². The average molecular weight is 411 g/mol. The molecule has 0 fully saturated rings. The quantitative estimate of drug-likeness (QED) is 0.473. The van der Waals surface area contributed by atoms with Crippen molar-refractivity contribution in [1.29, 1.82) is 0 Å². The number of sulfonamides is 1. The summed E-state index contributed by atoms with van der Waals surface area (Å²) in [7, 11) is -4.07. The molecule has 3 aromatic rings. The van der Waals surface area contributed by atoms with Crippen molar-refractivity contribution in [1.82, 2.24) is 0 Å². The Balaban J connectivity index is 1.95. The second kappa shape index (κ2) is 8.53. The van der Waals surface area contributed by atoms with Crippen molar-refractivity contribution in [2.75, 3.05) is 16.2 Å². The van der Waals surface area contributed by atoms with Gasteiger partial charge in [-0.1, -0.05) is 36.4 Å². The van der Waals surface area contributed by atoms with Crippen LogP contribution >= 0.6 is 0 Å². The lowest BCUT2D eigenvalue weighted by Gasteiger charge is -2.24. The second-order valence-electron chi connectivity index (χ2n) is 6.01. The van der Waals surface area contributed by atoms with Crippen LogP contribution in [0.3, 0.4) is 0 Å². The number of para-hydroxylation sites is 1. The van der Waals surface area contributed by atoms with E-state index in [1.54, 1.807) is 48.5 Å². The van der Waals surface area contributed by atoms with Crippen LogP contribution in [-0.4, -0.2) is 25.8 Å². The van der Waals surface area contributed by atoms with Gasteiger partial charge in [0, 0.05) is 17.8 Å². The van der Waals surface area contributed by atoms with Gasteiger partial charge in [0.15, 0.2) is 0 Å². The van der Waals surface area contributed by atoms with Crippen molar-refractivity contribution in [2.45, 2.75) is 4.90 Å². The zero-order chi connectivity index (χ0) is 20.9. The molecule has 8 nitrogen and oxygen atoms in total. The molecule has 148 valence electrons. The molecular weight excluding hydrogens is 394 g/mol. The number of nitrogens with one attached hydrogen (secondary N) is 1. The van der Waals surface area contributed by atoms with Crippen LogP contribution < -0.4 is 9.62 Å². The summed E-state index contributed by atoms with van der Waals surface area (Å²) in [5.74, 6) is -0.547. The van der Waals surface area contributed by atoms with Gasteiger partial charge in [-0.3, -0.25) is 19.2 Å². The summed E-state index contributed by atoms with van der Waals surface area (Å²) in [6.07, 6.45) is 0. The first-order valence-corrected chi connectivity index (χ1v) is 9.99. The number of hydrogen-bond acceptors (Lipinski definition) is 5. The highest BCUT2D eigenvalue weighted by Gasteiger charge is 2.27. The molecule has 0 atom stereocenters. The summed E-state index contributed by atoms with van der Waals surface area (Å²) in [5, 5.41) is 13.5. The first-order chi connectivity index (χ1) is 13.9. The number of hydrogen-bond donors (Lipinski definition) is 1. The lowest BCUT2D eigenvalue weighted by molar-refractivity contribution is -0.384. The number of anilines is 2. The topological polar surface area (TPSA) is 110 Å². The number of nitro benzene ring substituents is 1. The van der Waals surface area contributed by atoms with Crippen LogP contribution in [0.2, 0.25) is 0 Å². The molecule has 29 heavy (non-hydrogen) atoms. The zero-order valence-electron chi connectivity index (χ0n) is 15.1. The van der Waals surface area contributed by atoms with Crippen LogP contribution in [0.5, 0.6) is 0 Å². The van der Waals surface area contributed by atoms with E-state index >= 15 is 0 Å².